The molecule has 3 rings (SSSR count). The van der Waals surface area contributed by atoms with Crippen LogP contribution in [0, 0.1) is 5.82 Å². The van der Waals surface area contributed by atoms with E-state index < -0.39 is 0 Å². The van der Waals surface area contributed by atoms with E-state index >= 15 is 0 Å². The number of anilines is 1. The predicted octanol–water partition coefficient (Wildman–Crippen LogP) is 3.89. The number of nitrogens with one attached hydrogen (secondary N) is 1. The van der Waals surface area contributed by atoms with Crippen molar-refractivity contribution in [1.82, 2.24) is 10.3 Å². The molecular formula is C21H26FN3O. The monoisotopic (exact) mass is 355 g/mol. The van der Waals surface area contributed by atoms with Gasteiger partial charge in [0.25, 0.3) is 0 Å². The Labute approximate surface area is 154 Å². The lowest BCUT2D eigenvalue weighted by Crippen LogP contribution is -2.46. The van der Waals surface area contributed by atoms with Crippen molar-refractivity contribution in [2.24, 2.45) is 0 Å². The molecule has 0 saturated carbocycles. The van der Waals surface area contributed by atoms with Crippen LogP contribution in [0.3, 0.4) is 0 Å². The van der Waals surface area contributed by atoms with Crippen molar-refractivity contribution in [2.45, 2.75) is 44.6 Å². The van der Waals surface area contributed by atoms with E-state index in [4.69, 9.17) is 0 Å². The van der Waals surface area contributed by atoms with Crippen molar-refractivity contribution >= 4 is 11.6 Å². The molecule has 4 nitrogen and oxygen atoms in total. The van der Waals surface area contributed by atoms with Crippen molar-refractivity contribution in [3.05, 3.63) is 60.2 Å². The minimum absolute atomic E-state index is 0.0646. The summed E-state index contributed by atoms with van der Waals surface area (Å²) in [6, 6.07) is 12.6. The molecule has 26 heavy (non-hydrogen) atoms. The molecule has 1 aromatic carbocycles. The van der Waals surface area contributed by atoms with E-state index in [0.29, 0.717) is 0 Å². The van der Waals surface area contributed by atoms with Crippen LogP contribution < -0.4 is 10.2 Å². The highest BCUT2D eigenvalue weighted by Crippen LogP contribution is 2.23. The van der Waals surface area contributed by atoms with E-state index in [1.165, 1.54) is 6.07 Å². The molecule has 1 atom stereocenters. The number of halogens is 1. The van der Waals surface area contributed by atoms with Gasteiger partial charge < -0.3 is 10.2 Å². The van der Waals surface area contributed by atoms with Gasteiger partial charge in [-0.15, -0.1) is 0 Å². The van der Waals surface area contributed by atoms with Crippen molar-refractivity contribution < 1.29 is 9.18 Å². The van der Waals surface area contributed by atoms with Gasteiger partial charge in [-0.2, -0.15) is 0 Å². The SMILES string of the molecule is CCCC(C(=O)NC1CCN(c2cccc(F)c2)CC1)c1ccccn1. The number of amides is 1. The minimum atomic E-state index is -0.212. The summed E-state index contributed by atoms with van der Waals surface area (Å²) in [7, 11) is 0. The maximum absolute atomic E-state index is 13.4. The average molecular weight is 355 g/mol. The van der Waals surface area contributed by atoms with Crippen LogP contribution in [0.5, 0.6) is 0 Å². The molecule has 1 amide bonds. The molecule has 0 radical (unpaired) electrons. The third-order valence-electron chi connectivity index (χ3n) is 4.95. The fourth-order valence-electron chi connectivity index (χ4n) is 3.54. The van der Waals surface area contributed by atoms with E-state index in [-0.39, 0.29) is 23.7 Å². The normalized spacial score (nSPS) is 16.3. The largest absolute Gasteiger partial charge is 0.371 e. The van der Waals surface area contributed by atoms with Gasteiger partial charge in [-0.25, -0.2) is 4.39 Å². The molecule has 0 bridgehead atoms. The first-order valence-electron chi connectivity index (χ1n) is 9.39. The Kier molecular flexibility index (Phi) is 6.21. The maximum atomic E-state index is 13.4. The molecular weight excluding hydrogens is 329 g/mol. The summed E-state index contributed by atoms with van der Waals surface area (Å²) in [5.74, 6) is -0.340. The molecule has 2 heterocycles. The van der Waals surface area contributed by atoms with Crippen LogP contribution in [0.2, 0.25) is 0 Å². The third kappa shape index (κ3) is 4.59. The van der Waals surface area contributed by atoms with E-state index in [0.717, 1.165) is 50.2 Å². The fourth-order valence-corrected chi connectivity index (χ4v) is 3.54. The first-order chi connectivity index (χ1) is 12.7. The van der Waals surface area contributed by atoms with E-state index in [1.54, 1.807) is 18.3 Å². The Morgan fingerprint density at radius 2 is 2.08 bits per heavy atom. The Morgan fingerprint density at radius 1 is 1.27 bits per heavy atom. The van der Waals surface area contributed by atoms with Gasteiger partial charge in [0.1, 0.15) is 5.82 Å². The number of benzene rings is 1. The minimum Gasteiger partial charge on any atom is -0.371 e. The number of rotatable bonds is 6. The van der Waals surface area contributed by atoms with Gasteiger partial charge >= 0.3 is 0 Å². The first kappa shape index (κ1) is 18.4. The van der Waals surface area contributed by atoms with Crippen molar-refractivity contribution in [3.63, 3.8) is 0 Å². The summed E-state index contributed by atoms with van der Waals surface area (Å²) in [5, 5.41) is 3.21. The topological polar surface area (TPSA) is 45.2 Å². The summed E-state index contributed by atoms with van der Waals surface area (Å²) >= 11 is 0. The number of carbonyl (C=O) groups excluding carboxylic acids is 1. The van der Waals surface area contributed by atoms with Gasteiger partial charge in [0, 0.05) is 31.0 Å². The zero-order chi connectivity index (χ0) is 18.4. The van der Waals surface area contributed by atoms with Crippen LogP contribution in [0.1, 0.15) is 44.2 Å². The predicted molar refractivity (Wildman–Crippen MR) is 102 cm³/mol. The van der Waals surface area contributed by atoms with E-state index in [2.05, 4.69) is 22.1 Å². The Bertz CT molecular complexity index is 714. The van der Waals surface area contributed by atoms with Gasteiger partial charge in [0.15, 0.2) is 0 Å². The number of piperidine rings is 1. The lowest BCUT2D eigenvalue weighted by atomic mass is 9.96. The Balaban J connectivity index is 1.57. The van der Waals surface area contributed by atoms with Gasteiger partial charge in [-0.1, -0.05) is 25.5 Å². The smallest absolute Gasteiger partial charge is 0.229 e. The second kappa shape index (κ2) is 8.79. The molecule has 1 aliphatic heterocycles. The fraction of sp³-hybridized carbons (Fsp3) is 0.429. The highest BCUT2D eigenvalue weighted by molar-refractivity contribution is 5.83. The highest BCUT2D eigenvalue weighted by atomic mass is 19.1. The van der Waals surface area contributed by atoms with Crippen LogP contribution >= 0.6 is 0 Å². The number of nitrogens with zero attached hydrogens (tertiary/aromatic N) is 2. The third-order valence-corrected chi connectivity index (χ3v) is 4.95. The number of carbonyl (C=O) groups is 1. The maximum Gasteiger partial charge on any atom is 0.229 e. The van der Waals surface area contributed by atoms with Crippen LogP contribution in [-0.4, -0.2) is 30.0 Å². The van der Waals surface area contributed by atoms with E-state index in [1.807, 2.05) is 24.3 Å². The summed E-state index contributed by atoms with van der Waals surface area (Å²) in [4.78, 5) is 19.3. The van der Waals surface area contributed by atoms with Gasteiger partial charge in [0.05, 0.1) is 11.6 Å². The van der Waals surface area contributed by atoms with E-state index in [9.17, 15) is 9.18 Å². The van der Waals surface area contributed by atoms with Crippen molar-refractivity contribution in [3.8, 4) is 0 Å². The van der Waals surface area contributed by atoms with Gasteiger partial charge in [-0.3, -0.25) is 9.78 Å². The lowest BCUT2D eigenvalue weighted by molar-refractivity contribution is -0.123. The molecule has 0 aliphatic carbocycles. The molecule has 1 N–H and O–H groups in total. The summed E-state index contributed by atoms with van der Waals surface area (Å²) in [6.07, 6.45) is 5.20. The van der Waals surface area contributed by atoms with Gasteiger partial charge in [-0.05, 0) is 49.6 Å². The average Bonchev–Trinajstić information content (AvgIpc) is 2.67. The van der Waals surface area contributed by atoms with Crippen LogP contribution in [0.25, 0.3) is 0 Å². The van der Waals surface area contributed by atoms with Crippen LogP contribution in [0.4, 0.5) is 10.1 Å². The molecule has 1 unspecified atom stereocenters. The standard InChI is InChI=1S/C21H26FN3O/c1-2-6-19(20-9-3-4-12-23-20)21(26)24-17-10-13-25(14-11-17)18-8-5-7-16(22)15-18/h3-5,7-9,12,15,17,19H,2,6,10-11,13-14H2,1H3,(H,24,26). The summed E-state index contributed by atoms with van der Waals surface area (Å²) in [5.41, 5.74) is 1.75. The van der Waals surface area contributed by atoms with Crippen molar-refractivity contribution in [1.29, 1.82) is 0 Å². The molecule has 1 aliphatic rings. The highest BCUT2D eigenvalue weighted by Gasteiger charge is 2.26. The second-order valence-corrected chi connectivity index (χ2v) is 6.85. The Morgan fingerprint density at radius 3 is 2.73 bits per heavy atom. The first-order valence-corrected chi connectivity index (χ1v) is 9.39. The second-order valence-electron chi connectivity index (χ2n) is 6.85. The lowest BCUT2D eigenvalue weighted by Gasteiger charge is -2.34. The number of hydrogen-bond donors (Lipinski definition) is 1. The summed E-state index contributed by atoms with van der Waals surface area (Å²) in [6.45, 7) is 3.72. The zero-order valence-corrected chi connectivity index (χ0v) is 15.2. The molecule has 1 aromatic heterocycles. The molecule has 1 fully saturated rings. The molecule has 0 spiro atoms. The van der Waals surface area contributed by atoms with Gasteiger partial charge in [0.2, 0.25) is 5.91 Å². The zero-order valence-electron chi connectivity index (χ0n) is 15.2. The number of aromatic nitrogens is 1. The van der Waals surface area contributed by atoms with Crippen LogP contribution in [-0.2, 0) is 4.79 Å². The molecule has 5 heteroatoms. The summed E-state index contributed by atoms with van der Waals surface area (Å²) < 4.78 is 13.4. The number of pyridine rings is 1. The molecule has 1 saturated heterocycles. The Hall–Kier alpha value is -2.43. The molecule has 2 aromatic rings. The molecule has 138 valence electrons. The van der Waals surface area contributed by atoms with Crippen LogP contribution in [0.15, 0.2) is 48.7 Å². The number of hydrogen-bond acceptors (Lipinski definition) is 3. The quantitative estimate of drug-likeness (QED) is 0.855. The van der Waals surface area contributed by atoms with Crippen molar-refractivity contribution in [2.75, 3.05) is 18.0 Å².